The van der Waals surface area contributed by atoms with Crippen molar-refractivity contribution < 1.29 is 9.53 Å². The predicted octanol–water partition coefficient (Wildman–Crippen LogP) is 4.47. The first kappa shape index (κ1) is 15.6. The van der Waals surface area contributed by atoms with Gasteiger partial charge in [0.15, 0.2) is 6.10 Å². The molecule has 0 heterocycles. The summed E-state index contributed by atoms with van der Waals surface area (Å²) >= 11 is 3.45. The first-order valence-electron chi connectivity index (χ1n) is 6.76. The quantitative estimate of drug-likeness (QED) is 0.885. The van der Waals surface area contributed by atoms with E-state index in [0.29, 0.717) is 5.75 Å². The molecule has 1 amide bonds. The van der Waals surface area contributed by atoms with Crippen molar-refractivity contribution in [2.24, 2.45) is 0 Å². The summed E-state index contributed by atoms with van der Waals surface area (Å²) in [6.45, 7) is 5.72. The molecule has 4 heteroatoms. The lowest BCUT2D eigenvalue weighted by Gasteiger charge is -2.16. The molecular formula is C17H18BrNO2. The van der Waals surface area contributed by atoms with Crippen LogP contribution >= 0.6 is 15.9 Å². The lowest BCUT2D eigenvalue weighted by molar-refractivity contribution is -0.122. The molecule has 0 saturated carbocycles. The van der Waals surface area contributed by atoms with Gasteiger partial charge in [0, 0.05) is 4.47 Å². The summed E-state index contributed by atoms with van der Waals surface area (Å²) in [5.74, 6) is 0.515. The van der Waals surface area contributed by atoms with E-state index in [4.69, 9.17) is 4.74 Å². The molecule has 2 aromatic rings. The molecule has 3 nitrogen and oxygen atoms in total. The van der Waals surface area contributed by atoms with Crippen molar-refractivity contribution in [2.45, 2.75) is 26.9 Å². The number of rotatable bonds is 4. The van der Waals surface area contributed by atoms with Crippen LogP contribution in [-0.2, 0) is 4.79 Å². The van der Waals surface area contributed by atoms with Gasteiger partial charge in [-0.25, -0.2) is 0 Å². The second-order valence-electron chi connectivity index (χ2n) is 5.05. The number of halogens is 1. The van der Waals surface area contributed by atoms with Crippen LogP contribution < -0.4 is 10.1 Å². The third-order valence-corrected chi connectivity index (χ3v) is 3.71. The molecule has 0 aliphatic carbocycles. The summed E-state index contributed by atoms with van der Waals surface area (Å²) in [6, 6.07) is 13.4. The maximum atomic E-state index is 12.2. The zero-order valence-corrected chi connectivity index (χ0v) is 13.9. The molecule has 2 rings (SSSR count). The van der Waals surface area contributed by atoms with Crippen molar-refractivity contribution in [1.82, 2.24) is 0 Å². The molecule has 0 radical (unpaired) electrons. The average Bonchev–Trinajstić information content (AvgIpc) is 2.41. The van der Waals surface area contributed by atoms with Crippen molar-refractivity contribution in [3.8, 4) is 5.75 Å². The summed E-state index contributed by atoms with van der Waals surface area (Å²) in [5.41, 5.74) is 2.97. The van der Waals surface area contributed by atoms with Crippen LogP contribution in [0.25, 0.3) is 0 Å². The van der Waals surface area contributed by atoms with E-state index in [1.165, 1.54) is 0 Å². The Hall–Kier alpha value is -1.81. The number of carbonyl (C=O) groups excluding carboxylic acids is 1. The Bertz CT molecular complexity index is 655. The number of carbonyl (C=O) groups is 1. The first-order chi connectivity index (χ1) is 9.95. The van der Waals surface area contributed by atoms with Gasteiger partial charge in [-0.2, -0.15) is 0 Å². The van der Waals surface area contributed by atoms with Crippen LogP contribution in [0.3, 0.4) is 0 Å². The van der Waals surface area contributed by atoms with Gasteiger partial charge in [0.2, 0.25) is 0 Å². The zero-order chi connectivity index (χ0) is 15.4. The fraction of sp³-hybridized carbons (Fsp3) is 0.235. The smallest absolute Gasteiger partial charge is 0.265 e. The van der Waals surface area contributed by atoms with E-state index in [9.17, 15) is 4.79 Å². The molecule has 0 aromatic heterocycles. The summed E-state index contributed by atoms with van der Waals surface area (Å²) in [6.07, 6.45) is -0.569. The van der Waals surface area contributed by atoms with Gasteiger partial charge >= 0.3 is 0 Å². The Morgan fingerprint density at radius 3 is 2.52 bits per heavy atom. The third-order valence-electron chi connectivity index (χ3n) is 3.05. The van der Waals surface area contributed by atoms with Crippen LogP contribution in [0.1, 0.15) is 18.1 Å². The van der Waals surface area contributed by atoms with E-state index in [1.54, 1.807) is 6.92 Å². The Labute approximate surface area is 133 Å². The lowest BCUT2D eigenvalue weighted by Crippen LogP contribution is -2.30. The van der Waals surface area contributed by atoms with Crippen LogP contribution in [0.4, 0.5) is 5.69 Å². The highest BCUT2D eigenvalue weighted by Gasteiger charge is 2.16. The lowest BCUT2D eigenvalue weighted by atomic mass is 10.2. The Morgan fingerprint density at radius 1 is 1.14 bits per heavy atom. The van der Waals surface area contributed by atoms with Crippen LogP contribution in [0.15, 0.2) is 46.9 Å². The highest BCUT2D eigenvalue weighted by atomic mass is 79.9. The van der Waals surface area contributed by atoms with Crippen molar-refractivity contribution in [1.29, 1.82) is 0 Å². The topological polar surface area (TPSA) is 38.3 Å². The highest BCUT2D eigenvalue weighted by molar-refractivity contribution is 9.10. The minimum Gasteiger partial charge on any atom is -0.481 e. The molecule has 0 saturated heterocycles. The van der Waals surface area contributed by atoms with Gasteiger partial charge in [-0.15, -0.1) is 0 Å². The third kappa shape index (κ3) is 4.33. The number of hydrogen-bond acceptors (Lipinski definition) is 2. The van der Waals surface area contributed by atoms with Gasteiger partial charge < -0.3 is 10.1 Å². The largest absolute Gasteiger partial charge is 0.481 e. The maximum absolute atomic E-state index is 12.2. The van der Waals surface area contributed by atoms with E-state index >= 15 is 0 Å². The summed E-state index contributed by atoms with van der Waals surface area (Å²) in [5, 5.41) is 2.86. The molecule has 0 fully saturated rings. The standard InChI is InChI=1S/C17H18BrNO2/c1-11-5-4-6-14(9-11)21-13(3)17(20)19-16-8-7-12(2)10-15(16)18/h4-10,13H,1-3H3,(H,19,20). The molecule has 1 N–H and O–H groups in total. The van der Waals surface area contributed by atoms with Crippen molar-refractivity contribution in [2.75, 3.05) is 5.32 Å². The first-order valence-corrected chi connectivity index (χ1v) is 7.55. The summed E-state index contributed by atoms with van der Waals surface area (Å²) in [4.78, 5) is 12.2. The Morgan fingerprint density at radius 2 is 1.86 bits per heavy atom. The Balaban J connectivity index is 2.02. The molecular weight excluding hydrogens is 330 g/mol. The number of benzene rings is 2. The van der Waals surface area contributed by atoms with Gasteiger partial charge in [-0.05, 0) is 72.1 Å². The summed E-state index contributed by atoms with van der Waals surface area (Å²) in [7, 11) is 0. The monoisotopic (exact) mass is 347 g/mol. The number of amides is 1. The van der Waals surface area contributed by atoms with Gasteiger partial charge in [0.05, 0.1) is 5.69 Å². The number of hydrogen-bond donors (Lipinski definition) is 1. The normalized spacial score (nSPS) is 11.8. The van der Waals surface area contributed by atoms with Crippen molar-refractivity contribution in [3.05, 3.63) is 58.1 Å². The van der Waals surface area contributed by atoms with Crippen molar-refractivity contribution in [3.63, 3.8) is 0 Å². The van der Waals surface area contributed by atoms with E-state index < -0.39 is 6.10 Å². The molecule has 0 bridgehead atoms. The van der Waals surface area contributed by atoms with E-state index in [2.05, 4.69) is 21.2 Å². The fourth-order valence-corrected chi connectivity index (χ4v) is 2.49. The van der Waals surface area contributed by atoms with Gasteiger partial charge in [-0.3, -0.25) is 4.79 Å². The van der Waals surface area contributed by atoms with Crippen LogP contribution in [0.5, 0.6) is 5.75 Å². The number of ether oxygens (including phenoxy) is 1. The van der Waals surface area contributed by atoms with Crippen LogP contribution in [-0.4, -0.2) is 12.0 Å². The number of nitrogens with one attached hydrogen (secondary N) is 1. The Kier molecular flexibility index (Phi) is 5.02. The predicted molar refractivity (Wildman–Crippen MR) is 88.8 cm³/mol. The zero-order valence-electron chi connectivity index (χ0n) is 12.3. The van der Waals surface area contributed by atoms with Crippen molar-refractivity contribution >= 4 is 27.5 Å². The summed E-state index contributed by atoms with van der Waals surface area (Å²) < 4.78 is 6.53. The molecule has 0 aliphatic rings. The minimum atomic E-state index is -0.569. The molecule has 0 spiro atoms. The molecule has 1 atom stereocenters. The highest BCUT2D eigenvalue weighted by Crippen LogP contribution is 2.24. The maximum Gasteiger partial charge on any atom is 0.265 e. The SMILES string of the molecule is Cc1cccc(OC(C)C(=O)Nc2ccc(C)cc2Br)c1. The number of anilines is 1. The second-order valence-corrected chi connectivity index (χ2v) is 5.90. The molecule has 1 unspecified atom stereocenters. The fourth-order valence-electron chi connectivity index (χ4n) is 1.90. The number of aryl methyl sites for hydroxylation is 2. The van der Waals surface area contributed by atoms with Gasteiger partial charge in [0.25, 0.3) is 5.91 Å². The van der Waals surface area contributed by atoms with Crippen LogP contribution in [0.2, 0.25) is 0 Å². The molecule has 0 aliphatic heterocycles. The molecule has 110 valence electrons. The van der Waals surface area contributed by atoms with E-state index in [1.807, 2.05) is 56.3 Å². The second kappa shape index (κ2) is 6.76. The van der Waals surface area contributed by atoms with E-state index in [0.717, 1.165) is 21.3 Å². The van der Waals surface area contributed by atoms with Gasteiger partial charge in [-0.1, -0.05) is 18.2 Å². The molecule has 2 aromatic carbocycles. The molecule has 21 heavy (non-hydrogen) atoms. The van der Waals surface area contributed by atoms with Crippen LogP contribution in [0, 0.1) is 13.8 Å². The average molecular weight is 348 g/mol. The van der Waals surface area contributed by atoms with Gasteiger partial charge in [0.1, 0.15) is 5.75 Å². The minimum absolute atomic E-state index is 0.180. The van der Waals surface area contributed by atoms with E-state index in [-0.39, 0.29) is 5.91 Å².